The standard InChI is InChI=1S/C23H28N4OS/c1-25(2)18-12-10-17(11-13-18)15-26(3)22(28)16-27-14-6-8-20(27)23-24-19-7-4-5-9-21(19)29-23/h4-5,7,9-13,20H,6,8,14-16H2,1-3H3/t20-/m1/s1. The first-order valence-electron chi connectivity index (χ1n) is 10.1. The number of rotatable bonds is 6. The van der Waals surface area contributed by atoms with Gasteiger partial charge in [-0.25, -0.2) is 4.98 Å². The summed E-state index contributed by atoms with van der Waals surface area (Å²) in [5.41, 5.74) is 3.37. The number of hydrogen-bond acceptors (Lipinski definition) is 5. The van der Waals surface area contributed by atoms with Gasteiger partial charge in [0, 0.05) is 33.4 Å². The van der Waals surface area contributed by atoms with E-state index >= 15 is 0 Å². The Morgan fingerprint density at radius 3 is 2.62 bits per heavy atom. The Morgan fingerprint density at radius 2 is 1.90 bits per heavy atom. The van der Waals surface area contributed by atoms with Gasteiger partial charge in [0.1, 0.15) is 5.01 Å². The van der Waals surface area contributed by atoms with E-state index in [1.807, 2.05) is 32.1 Å². The smallest absolute Gasteiger partial charge is 0.236 e. The van der Waals surface area contributed by atoms with Gasteiger partial charge in [0.05, 0.1) is 22.8 Å². The Balaban J connectivity index is 1.40. The van der Waals surface area contributed by atoms with Gasteiger partial charge in [-0.2, -0.15) is 0 Å². The van der Waals surface area contributed by atoms with Crippen molar-refractivity contribution in [2.75, 3.05) is 39.1 Å². The SMILES string of the molecule is CN(Cc1ccc(N(C)C)cc1)C(=O)CN1CCC[C@@H]1c1nc2ccccc2s1. The van der Waals surface area contributed by atoms with Gasteiger partial charge in [-0.05, 0) is 49.2 Å². The maximum atomic E-state index is 12.9. The molecule has 1 fully saturated rings. The van der Waals surface area contributed by atoms with E-state index in [0.717, 1.165) is 35.5 Å². The molecule has 1 aliphatic rings. The second kappa shape index (κ2) is 8.51. The van der Waals surface area contributed by atoms with Crippen molar-refractivity contribution in [3.8, 4) is 0 Å². The maximum Gasteiger partial charge on any atom is 0.236 e. The Morgan fingerprint density at radius 1 is 1.14 bits per heavy atom. The van der Waals surface area contributed by atoms with Gasteiger partial charge in [-0.15, -0.1) is 11.3 Å². The van der Waals surface area contributed by atoms with Crippen LogP contribution in [0.5, 0.6) is 0 Å². The molecule has 3 aromatic rings. The normalized spacial score (nSPS) is 17.0. The lowest BCUT2D eigenvalue weighted by molar-refractivity contribution is -0.131. The second-order valence-corrected chi connectivity index (χ2v) is 9.02. The number of thiazole rings is 1. The van der Waals surface area contributed by atoms with Crippen molar-refractivity contribution in [1.29, 1.82) is 0 Å². The van der Waals surface area contributed by atoms with Crippen molar-refractivity contribution < 1.29 is 4.79 Å². The Bertz CT molecular complexity index is 949. The first kappa shape index (κ1) is 19.9. The molecule has 4 rings (SSSR count). The third-order valence-corrected chi connectivity index (χ3v) is 6.73. The average Bonchev–Trinajstić information content (AvgIpc) is 3.34. The number of benzene rings is 2. The van der Waals surface area contributed by atoms with Crippen LogP contribution in [0, 0.1) is 0 Å². The molecule has 0 aliphatic carbocycles. The predicted molar refractivity (Wildman–Crippen MR) is 120 cm³/mol. The number of likely N-dealkylation sites (tertiary alicyclic amines) is 1. The molecule has 1 atom stereocenters. The topological polar surface area (TPSA) is 39.7 Å². The highest BCUT2D eigenvalue weighted by atomic mass is 32.1. The van der Waals surface area contributed by atoms with Crippen molar-refractivity contribution in [1.82, 2.24) is 14.8 Å². The van der Waals surface area contributed by atoms with Crippen molar-refractivity contribution in [3.63, 3.8) is 0 Å². The van der Waals surface area contributed by atoms with E-state index in [1.54, 1.807) is 11.3 Å². The molecule has 2 heterocycles. The van der Waals surface area contributed by atoms with Crippen LogP contribution < -0.4 is 4.90 Å². The Kier molecular flexibility index (Phi) is 5.83. The molecule has 0 unspecified atom stereocenters. The summed E-state index contributed by atoms with van der Waals surface area (Å²) in [6, 6.07) is 16.9. The number of nitrogens with zero attached hydrogens (tertiary/aromatic N) is 4. The summed E-state index contributed by atoms with van der Waals surface area (Å²) in [4.78, 5) is 23.9. The van der Waals surface area contributed by atoms with Gasteiger partial charge in [0.15, 0.2) is 0 Å². The number of anilines is 1. The van der Waals surface area contributed by atoms with E-state index in [1.165, 1.54) is 10.4 Å². The van der Waals surface area contributed by atoms with Crippen LogP contribution in [0.25, 0.3) is 10.2 Å². The third-order valence-electron chi connectivity index (χ3n) is 5.60. The molecule has 1 aromatic heterocycles. The fourth-order valence-electron chi connectivity index (χ4n) is 3.88. The van der Waals surface area contributed by atoms with Crippen LogP contribution in [0.4, 0.5) is 5.69 Å². The van der Waals surface area contributed by atoms with Crippen LogP contribution in [0.3, 0.4) is 0 Å². The summed E-state index contributed by atoms with van der Waals surface area (Å²) in [7, 11) is 5.95. The van der Waals surface area contributed by atoms with Gasteiger partial charge in [-0.3, -0.25) is 9.69 Å². The Hall–Kier alpha value is -2.44. The van der Waals surface area contributed by atoms with Gasteiger partial charge in [0.2, 0.25) is 5.91 Å². The fourth-order valence-corrected chi connectivity index (χ4v) is 5.02. The first-order valence-corrected chi connectivity index (χ1v) is 10.9. The van der Waals surface area contributed by atoms with Crippen LogP contribution in [0.15, 0.2) is 48.5 Å². The van der Waals surface area contributed by atoms with Crippen molar-refractivity contribution in [3.05, 3.63) is 59.1 Å². The molecule has 1 saturated heterocycles. The van der Waals surface area contributed by atoms with E-state index in [9.17, 15) is 4.79 Å². The number of likely N-dealkylation sites (N-methyl/N-ethyl adjacent to an activating group) is 1. The zero-order chi connectivity index (χ0) is 20.4. The quantitative estimate of drug-likeness (QED) is 0.614. The summed E-state index contributed by atoms with van der Waals surface area (Å²) in [6.07, 6.45) is 2.19. The zero-order valence-electron chi connectivity index (χ0n) is 17.3. The lowest BCUT2D eigenvalue weighted by Gasteiger charge is -2.25. The average molecular weight is 409 g/mol. The van der Waals surface area contributed by atoms with Crippen LogP contribution >= 0.6 is 11.3 Å². The molecule has 0 N–H and O–H groups in total. The molecule has 0 saturated carbocycles. The van der Waals surface area contributed by atoms with Crippen LogP contribution in [-0.2, 0) is 11.3 Å². The highest BCUT2D eigenvalue weighted by molar-refractivity contribution is 7.18. The number of hydrogen-bond donors (Lipinski definition) is 0. The molecule has 2 aromatic carbocycles. The van der Waals surface area contributed by atoms with Gasteiger partial charge >= 0.3 is 0 Å². The molecule has 152 valence electrons. The van der Waals surface area contributed by atoms with E-state index in [-0.39, 0.29) is 11.9 Å². The number of aromatic nitrogens is 1. The number of carbonyl (C=O) groups is 1. The van der Waals surface area contributed by atoms with Crippen LogP contribution in [-0.4, -0.2) is 54.9 Å². The minimum absolute atomic E-state index is 0.162. The summed E-state index contributed by atoms with van der Waals surface area (Å²) < 4.78 is 1.22. The van der Waals surface area contributed by atoms with Gasteiger partial charge in [-0.1, -0.05) is 24.3 Å². The highest BCUT2D eigenvalue weighted by Gasteiger charge is 2.30. The van der Waals surface area contributed by atoms with Gasteiger partial charge < -0.3 is 9.80 Å². The van der Waals surface area contributed by atoms with Crippen molar-refractivity contribution in [2.24, 2.45) is 0 Å². The van der Waals surface area contributed by atoms with Gasteiger partial charge in [0.25, 0.3) is 0 Å². The summed E-state index contributed by atoms with van der Waals surface area (Å²) >= 11 is 1.76. The molecule has 1 aliphatic heterocycles. The number of para-hydroxylation sites is 1. The third kappa shape index (κ3) is 4.43. The monoisotopic (exact) mass is 408 g/mol. The molecule has 29 heavy (non-hydrogen) atoms. The molecule has 0 spiro atoms. The van der Waals surface area contributed by atoms with E-state index in [0.29, 0.717) is 13.1 Å². The molecular weight excluding hydrogens is 380 g/mol. The number of fused-ring (bicyclic) bond motifs is 1. The molecule has 0 radical (unpaired) electrons. The molecule has 6 heteroatoms. The predicted octanol–water partition coefficient (Wildman–Crippen LogP) is 4.16. The number of amides is 1. The first-order chi connectivity index (χ1) is 14.0. The lowest BCUT2D eigenvalue weighted by atomic mass is 10.2. The van der Waals surface area contributed by atoms with Crippen molar-refractivity contribution in [2.45, 2.75) is 25.4 Å². The summed E-state index contributed by atoms with van der Waals surface area (Å²) in [5.74, 6) is 0.162. The molecule has 1 amide bonds. The summed E-state index contributed by atoms with van der Waals surface area (Å²) in [5, 5.41) is 1.14. The zero-order valence-corrected chi connectivity index (χ0v) is 18.2. The molecule has 0 bridgehead atoms. The van der Waals surface area contributed by atoms with E-state index < -0.39 is 0 Å². The minimum Gasteiger partial charge on any atom is -0.378 e. The molecular formula is C23H28N4OS. The van der Waals surface area contributed by atoms with Crippen LogP contribution in [0.1, 0.15) is 29.5 Å². The van der Waals surface area contributed by atoms with Crippen LogP contribution in [0.2, 0.25) is 0 Å². The van der Waals surface area contributed by atoms with E-state index in [2.05, 4.69) is 52.3 Å². The van der Waals surface area contributed by atoms with Crippen molar-refractivity contribution >= 4 is 33.1 Å². The minimum atomic E-state index is 0.162. The lowest BCUT2D eigenvalue weighted by Crippen LogP contribution is -2.37. The number of carbonyl (C=O) groups excluding carboxylic acids is 1. The second-order valence-electron chi connectivity index (χ2n) is 7.96. The largest absolute Gasteiger partial charge is 0.378 e. The maximum absolute atomic E-state index is 12.9. The Labute approximate surface area is 176 Å². The summed E-state index contributed by atoms with van der Waals surface area (Å²) in [6.45, 7) is 2.04. The fraction of sp³-hybridized carbons (Fsp3) is 0.391. The van der Waals surface area contributed by atoms with E-state index in [4.69, 9.17) is 4.98 Å². The molecule has 5 nitrogen and oxygen atoms in total. The highest BCUT2D eigenvalue weighted by Crippen LogP contribution is 2.36.